The predicted octanol–water partition coefficient (Wildman–Crippen LogP) is 2.07. The van der Waals surface area contributed by atoms with Gasteiger partial charge in [-0.2, -0.15) is 5.26 Å². The Morgan fingerprint density at radius 1 is 1.58 bits per heavy atom. The molecule has 0 fully saturated rings. The molecule has 0 saturated heterocycles. The minimum Gasteiger partial charge on any atom is -0.258 e. The van der Waals surface area contributed by atoms with Gasteiger partial charge in [0.15, 0.2) is 0 Å². The third-order valence-electron chi connectivity index (χ3n) is 1.28. The lowest BCUT2D eigenvalue weighted by Gasteiger charge is -1.93. The quantitative estimate of drug-likeness (QED) is 0.447. The first-order valence-electron chi connectivity index (χ1n) is 2.99. The summed E-state index contributed by atoms with van der Waals surface area (Å²) in [6.07, 6.45) is 0. The molecular weight excluding hydrogens is 271 g/mol. The van der Waals surface area contributed by atoms with Crippen LogP contribution in [0, 0.1) is 25.0 Å². The number of rotatable bonds is 1. The van der Waals surface area contributed by atoms with E-state index in [-0.39, 0.29) is 11.3 Å². The van der Waals surface area contributed by atoms with E-state index in [2.05, 4.69) is 0 Å². The second-order valence-electron chi connectivity index (χ2n) is 2.03. The van der Waals surface area contributed by atoms with Crippen molar-refractivity contribution in [2.75, 3.05) is 0 Å². The van der Waals surface area contributed by atoms with E-state index in [4.69, 9.17) is 5.26 Å². The summed E-state index contributed by atoms with van der Waals surface area (Å²) in [4.78, 5) is 9.78. The number of hydrogen-bond acceptors (Lipinski definition) is 3. The van der Waals surface area contributed by atoms with Crippen molar-refractivity contribution in [2.24, 2.45) is 0 Å². The van der Waals surface area contributed by atoms with Crippen LogP contribution in [0.5, 0.6) is 0 Å². The van der Waals surface area contributed by atoms with Crippen LogP contribution < -0.4 is 0 Å². The van der Waals surface area contributed by atoms with Crippen molar-refractivity contribution in [2.45, 2.75) is 0 Å². The maximum Gasteiger partial charge on any atom is 0.287 e. The summed E-state index contributed by atoms with van der Waals surface area (Å²) < 4.78 is 0.815. The lowest BCUT2D eigenvalue weighted by Crippen LogP contribution is -1.92. The van der Waals surface area contributed by atoms with Gasteiger partial charge in [-0.3, -0.25) is 10.1 Å². The number of hydrogen-bond donors (Lipinski definition) is 0. The Kier molecular flexibility index (Phi) is 2.60. The monoisotopic (exact) mass is 274 g/mol. The van der Waals surface area contributed by atoms with Crippen LogP contribution in [0.1, 0.15) is 5.56 Å². The highest BCUT2D eigenvalue weighted by Crippen LogP contribution is 2.19. The number of nitro groups is 1. The number of nitro benzene ring substituents is 1. The van der Waals surface area contributed by atoms with Crippen molar-refractivity contribution in [3.05, 3.63) is 37.4 Å². The van der Waals surface area contributed by atoms with E-state index in [1.807, 2.05) is 22.6 Å². The third kappa shape index (κ3) is 1.71. The van der Waals surface area contributed by atoms with Crippen molar-refractivity contribution in [1.82, 2.24) is 0 Å². The van der Waals surface area contributed by atoms with E-state index in [0.717, 1.165) is 3.57 Å². The van der Waals surface area contributed by atoms with Crippen molar-refractivity contribution in [3.8, 4) is 6.07 Å². The molecule has 0 spiro atoms. The first-order chi connectivity index (χ1) is 5.65. The minimum absolute atomic E-state index is 0.104. The van der Waals surface area contributed by atoms with Crippen LogP contribution in [0.3, 0.4) is 0 Å². The largest absolute Gasteiger partial charge is 0.287 e. The lowest BCUT2D eigenvalue weighted by atomic mass is 10.2. The summed E-state index contributed by atoms with van der Waals surface area (Å²) in [6, 6.07) is 6.19. The predicted molar refractivity (Wildman–Crippen MR) is 50.5 cm³/mol. The first-order valence-corrected chi connectivity index (χ1v) is 4.07. The van der Waals surface area contributed by atoms with Gasteiger partial charge in [0.05, 0.1) is 4.92 Å². The molecule has 0 aliphatic rings. The standard InChI is InChI=1S/C7H3IN2O2/c8-6-1-2-7(10(11)12)5(3-6)4-9/h1-3H. The molecule has 0 heterocycles. The molecule has 12 heavy (non-hydrogen) atoms. The summed E-state index contributed by atoms with van der Waals surface area (Å²) in [5, 5.41) is 18.9. The maximum atomic E-state index is 10.3. The Morgan fingerprint density at radius 3 is 2.75 bits per heavy atom. The molecule has 0 N–H and O–H groups in total. The van der Waals surface area contributed by atoms with Crippen LogP contribution in [-0.2, 0) is 0 Å². The fraction of sp³-hybridized carbons (Fsp3) is 0. The molecule has 0 unspecified atom stereocenters. The number of nitriles is 1. The molecule has 0 atom stereocenters. The Hall–Kier alpha value is -1.16. The van der Waals surface area contributed by atoms with E-state index < -0.39 is 4.92 Å². The van der Waals surface area contributed by atoms with Crippen molar-refractivity contribution >= 4 is 28.3 Å². The summed E-state index contributed by atoms with van der Waals surface area (Å²) in [5.74, 6) is 0. The molecule has 0 amide bonds. The zero-order valence-electron chi connectivity index (χ0n) is 5.82. The molecule has 5 heteroatoms. The zero-order valence-corrected chi connectivity index (χ0v) is 7.98. The van der Waals surface area contributed by atoms with Gasteiger partial charge in [-0.25, -0.2) is 0 Å². The second kappa shape index (κ2) is 3.49. The molecule has 0 bridgehead atoms. The number of halogens is 1. The summed E-state index contributed by atoms with van der Waals surface area (Å²) in [6.45, 7) is 0. The number of nitrogens with zero attached hydrogens (tertiary/aromatic N) is 2. The molecule has 0 saturated carbocycles. The highest BCUT2D eigenvalue weighted by atomic mass is 127. The normalized spacial score (nSPS) is 9.00. The van der Waals surface area contributed by atoms with Crippen LogP contribution in [0.4, 0.5) is 5.69 Å². The highest BCUT2D eigenvalue weighted by molar-refractivity contribution is 14.1. The molecule has 1 rings (SSSR count). The van der Waals surface area contributed by atoms with Gasteiger partial charge in [-0.1, -0.05) is 0 Å². The minimum atomic E-state index is -0.561. The molecular formula is C7H3IN2O2. The average Bonchev–Trinajstić information content (AvgIpc) is 2.03. The van der Waals surface area contributed by atoms with Crippen molar-refractivity contribution < 1.29 is 4.92 Å². The number of benzene rings is 1. The molecule has 0 aromatic heterocycles. The van der Waals surface area contributed by atoms with Gasteiger partial charge < -0.3 is 0 Å². The van der Waals surface area contributed by atoms with Crippen LogP contribution >= 0.6 is 22.6 Å². The molecule has 1 aromatic rings. The topological polar surface area (TPSA) is 66.9 Å². The van der Waals surface area contributed by atoms with E-state index >= 15 is 0 Å². The van der Waals surface area contributed by atoms with Crippen molar-refractivity contribution in [3.63, 3.8) is 0 Å². The van der Waals surface area contributed by atoms with E-state index in [0.29, 0.717) is 0 Å². The van der Waals surface area contributed by atoms with Crippen LogP contribution in [0.2, 0.25) is 0 Å². The maximum absolute atomic E-state index is 10.3. The molecule has 1 aromatic carbocycles. The van der Waals surface area contributed by atoms with Gasteiger partial charge in [0.25, 0.3) is 5.69 Å². The summed E-state index contributed by atoms with van der Waals surface area (Å²) in [5.41, 5.74) is -0.0372. The van der Waals surface area contributed by atoms with E-state index in [9.17, 15) is 10.1 Å². The Morgan fingerprint density at radius 2 is 2.25 bits per heavy atom. The fourth-order valence-corrected chi connectivity index (χ4v) is 1.25. The van der Waals surface area contributed by atoms with Crippen LogP contribution in [-0.4, -0.2) is 4.92 Å². The van der Waals surface area contributed by atoms with Crippen LogP contribution in [0.15, 0.2) is 18.2 Å². The highest BCUT2D eigenvalue weighted by Gasteiger charge is 2.12. The molecule has 4 nitrogen and oxygen atoms in total. The third-order valence-corrected chi connectivity index (χ3v) is 1.95. The molecule has 0 aliphatic heterocycles. The molecule has 0 aliphatic carbocycles. The average molecular weight is 274 g/mol. The fourth-order valence-electron chi connectivity index (χ4n) is 0.757. The summed E-state index contributed by atoms with van der Waals surface area (Å²) >= 11 is 2.00. The van der Waals surface area contributed by atoms with Gasteiger partial charge in [0.1, 0.15) is 11.6 Å². The SMILES string of the molecule is N#Cc1cc(I)ccc1[N+](=O)[O-]. The van der Waals surface area contributed by atoms with Gasteiger partial charge >= 0.3 is 0 Å². The zero-order chi connectivity index (χ0) is 9.14. The van der Waals surface area contributed by atoms with Crippen molar-refractivity contribution in [1.29, 1.82) is 5.26 Å². The molecule has 0 radical (unpaired) electrons. The Balaban J connectivity index is 3.32. The van der Waals surface area contributed by atoms with Gasteiger partial charge in [-0.15, -0.1) is 0 Å². The van der Waals surface area contributed by atoms with E-state index in [1.165, 1.54) is 12.1 Å². The smallest absolute Gasteiger partial charge is 0.258 e. The summed E-state index contributed by atoms with van der Waals surface area (Å²) in [7, 11) is 0. The van der Waals surface area contributed by atoms with Gasteiger partial charge in [0, 0.05) is 9.64 Å². The van der Waals surface area contributed by atoms with Crippen LogP contribution in [0.25, 0.3) is 0 Å². The Labute approximate surface area is 82.1 Å². The lowest BCUT2D eigenvalue weighted by molar-refractivity contribution is -0.385. The first kappa shape index (κ1) is 8.93. The van der Waals surface area contributed by atoms with E-state index in [1.54, 1.807) is 12.1 Å². The molecule has 60 valence electrons. The second-order valence-corrected chi connectivity index (χ2v) is 3.28. The van der Waals surface area contributed by atoms with Gasteiger partial charge in [-0.05, 0) is 34.7 Å². The Bertz CT molecular complexity index is 370. The van der Waals surface area contributed by atoms with Gasteiger partial charge in [0.2, 0.25) is 0 Å².